The van der Waals surface area contributed by atoms with Crippen molar-refractivity contribution in [3.63, 3.8) is 0 Å². The molecule has 1 atom stereocenters. The molecule has 2 saturated heterocycles. The van der Waals surface area contributed by atoms with Gasteiger partial charge in [0.05, 0.1) is 5.69 Å². The second-order valence-corrected chi connectivity index (χ2v) is 7.50. The highest BCUT2D eigenvalue weighted by molar-refractivity contribution is 5.97. The molecular formula is C20H31Cl2N3O2. The van der Waals surface area contributed by atoms with Crippen molar-refractivity contribution in [2.24, 2.45) is 0 Å². The van der Waals surface area contributed by atoms with Crippen LogP contribution in [0.3, 0.4) is 0 Å². The van der Waals surface area contributed by atoms with Gasteiger partial charge in [-0.3, -0.25) is 9.69 Å². The van der Waals surface area contributed by atoms with Crippen molar-refractivity contribution in [1.82, 2.24) is 9.80 Å². The molecule has 1 unspecified atom stereocenters. The molecule has 0 radical (unpaired) electrons. The molecule has 3 aliphatic rings. The summed E-state index contributed by atoms with van der Waals surface area (Å²) in [4.78, 5) is 19.4. The summed E-state index contributed by atoms with van der Waals surface area (Å²) in [6, 6.07) is 8.64. The van der Waals surface area contributed by atoms with E-state index in [9.17, 15) is 4.79 Å². The van der Waals surface area contributed by atoms with E-state index in [1.165, 1.54) is 45.4 Å². The number of halogens is 2. The number of benzene rings is 1. The SMILES string of the molecule is Cl.Cl.O=C1COc2ccccc2N1CCCCN1CCN2CCCCC2C1. The van der Waals surface area contributed by atoms with Crippen molar-refractivity contribution in [3.8, 4) is 5.75 Å². The van der Waals surface area contributed by atoms with Gasteiger partial charge in [-0.15, -0.1) is 24.8 Å². The first-order valence-electron chi connectivity index (χ1n) is 9.80. The van der Waals surface area contributed by atoms with Crippen molar-refractivity contribution >= 4 is 36.4 Å². The van der Waals surface area contributed by atoms with E-state index in [0.29, 0.717) is 0 Å². The Bertz CT molecular complexity index is 617. The molecule has 1 amide bonds. The number of amides is 1. The first-order chi connectivity index (χ1) is 12.3. The Morgan fingerprint density at radius 2 is 1.81 bits per heavy atom. The van der Waals surface area contributed by atoms with E-state index < -0.39 is 0 Å². The van der Waals surface area contributed by atoms with Crippen molar-refractivity contribution in [3.05, 3.63) is 24.3 Å². The summed E-state index contributed by atoms with van der Waals surface area (Å²) < 4.78 is 5.51. The number of rotatable bonds is 5. The highest BCUT2D eigenvalue weighted by Crippen LogP contribution is 2.31. The van der Waals surface area contributed by atoms with E-state index in [-0.39, 0.29) is 37.3 Å². The first kappa shape index (κ1) is 22.3. The summed E-state index contributed by atoms with van der Waals surface area (Å²) in [5, 5.41) is 0. The zero-order valence-corrected chi connectivity index (χ0v) is 17.5. The number of fused-ring (bicyclic) bond motifs is 2. The highest BCUT2D eigenvalue weighted by atomic mass is 35.5. The fourth-order valence-electron chi connectivity index (χ4n) is 4.43. The number of piperidine rings is 1. The largest absolute Gasteiger partial charge is 0.482 e. The molecule has 1 aromatic carbocycles. The van der Waals surface area contributed by atoms with Crippen LogP contribution in [0.25, 0.3) is 0 Å². The molecule has 2 fully saturated rings. The van der Waals surface area contributed by atoms with Gasteiger partial charge in [-0.2, -0.15) is 0 Å². The van der Waals surface area contributed by atoms with Crippen LogP contribution in [0, 0.1) is 0 Å². The summed E-state index contributed by atoms with van der Waals surface area (Å²) in [5.74, 6) is 0.907. The number of ether oxygens (including phenoxy) is 1. The minimum Gasteiger partial charge on any atom is -0.482 e. The number of hydrogen-bond donors (Lipinski definition) is 0. The van der Waals surface area contributed by atoms with Crippen molar-refractivity contribution in [2.45, 2.75) is 38.1 Å². The third kappa shape index (κ3) is 5.29. The van der Waals surface area contributed by atoms with Gasteiger partial charge in [0.1, 0.15) is 5.75 Å². The van der Waals surface area contributed by atoms with E-state index in [1.807, 2.05) is 29.2 Å². The monoisotopic (exact) mass is 415 g/mol. The number of piperazine rings is 1. The number of carbonyl (C=O) groups is 1. The second-order valence-electron chi connectivity index (χ2n) is 7.50. The summed E-state index contributed by atoms with van der Waals surface area (Å²) in [7, 11) is 0. The van der Waals surface area contributed by atoms with E-state index in [4.69, 9.17) is 4.74 Å². The molecule has 27 heavy (non-hydrogen) atoms. The topological polar surface area (TPSA) is 36.0 Å². The van der Waals surface area contributed by atoms with Gasteiger partial charge >= 0.3 is 0 Å². The Hall–Kier alpha value is -1.01. The molecule has 0 aromatic heterocycles. The van der Waals surface area contributed by atoms with Gasteiger partial charge in [0, 0.05) is 32.2 Å². The quantitative estimate of drug-likeness (QED) is 0.691. The van der Waals surface area contributed by atoms with E-state index >= 15 is 0 Å². The Labute approximate surface area is 174 Å². The molecule has 3 heterocycles. The normalized spacial score (nSPS) is 22.7. The van der Waals surface area contributed by atoms with Crippen molar-refractivity contribution in [2.75, 3.05) is 50.8 Å². The lowest BCUT2D eigenvalue weighted by Crippen LogP contribution is -2.54. The number of anilines is 1. The first-order valence-corrected chi connectivity index (χ1v) is 9.80. The van der Waals surface area contributed by atoms with Crippen molar-refractivity contribution in [1.29, 1.82) is 0 Å². The molecule has 5 nitrogen and oxygen atoms in total. The minimum atomic E-state index is 0. The molecule has 0 bridgehead atoms. The lowest BCUT2D eigenvalue weighted by atomic mass is 9.99. The minimum absolute atomic E-state index is 0. The Morgan fingerprint density at radius 3 is 2.70 bits per heavy atom. The van der Waals surface area contributed by atoms with Crippen LogP contribution < -0.4 is 9.64 Å². The van der Waals surface area contributed by atoms with E-state index in [0.717, 1.165) is 43.4 Å². The van der Waals surface area contributed by atoms with Crippen molar-refractivity contribution < 1.29 is 9.53 Å². The Balaban J connectivity index is 0.00000131. The highest BCUT2D eigenvalue weighted by Gasteiger charge is 2.28. The van der Waals surface area contributed by atoms with Crippen LogP contribution in [0.4, 0.5) is 5.69 Å². The average Bonchev–Trinajstić information content (AvgIpc) is 2.66. The van der Waals surface area contributed by atoms with Gasteiger partial charge in [-0.1, -0.05) is 18.6 Å². The van der Waals surface area contributed by atoms with Crippen LogP contribution in [-0.4, -0.2) is 67.6 Å². The number of hydrogen-bond acceptors (Lipinski definition) is 4. The van der Waals surface area contributed by atoms with E-state index in [2.05, 4.69) is 9.80 Å². The molecule has 3 aliphatic heterocycles. The molecule has 152 valence electrons. The standard InChI is InChI=1S/C20H29N3O2.2ClH/c24-20-16-25-19-9-2-1-8-18(19)23(20)12-6-5-10-21-13-14-22-11-4-3-7-17(22)15-21;;/h1-2,8-9,17H,3-7,10-16H2;2*1H. The lowest BCUT2D eigenvalue weighted by Gasteiger charge is -2.44. The maximum absolute atomic E-state index is 12.2. The zero-order chi connectivity index (χ0) is 17.1. The Kier molecular flexibility index (Phi) is 8.67. The van der Waals surface area contributed by atoms with E-state index in [1.54, 1.807) is 0 Å². The van der Waals surface area contributed by atoms with Gasteiger partial charge in [0.25, 0.3) is 5.91 Å². The molecule has 0 saturated carbocycles. The summed E-state index contributed by atoms with van der Waals surface area (Å²) in [5.41, 5.74) is 0.926. The molecule has 0 N–H and O–H groups in total. The van der Waals surface area contributed by atoms with Gasteiger partial charge < -0.3 is 14.5 Å². The van der Waals surface area contributed by atoms with Gasteiger partial charge in [0.2, 0.25) is 0 Å². The van der Waals surface area contributed by atoms with Gasteiger partial charge in [-0.05, 0) is 50.9 Å². The summed E-state index contributed by atoms with van der Waals surface area (Å²) >= 11 is 0. The third-order valence-corrected chi connectivity index (χ3v) is 5.84. The second kappa shape index (κ2) is 10.5. The van der Waals surface area contributed by atoms with Gasteiger partial charge in [0.15, 0.2) is 6.61 Å². The fraction of sp³-hybridized carbons (Fsp3) is 0.650. The summed E-state index contributed by atoms with van der Waals surface area (Å²) in [6.45, 7) is 7.10. The smallest absolute Gasteiger partial charge is 0.265 e. The third-order valence-electron chi connectivity index (χ3n) is 5.84. The maximum atomic E-state index is 12.2. The maximum Gasteiger partial charge on any atom is 0.265 e. The number of para-hydroxylation sites is 2. The predicted molar refractivity (Wildman–Crippen MR) is 114 cm³/mol. The fourth-order valence-corrected chi connectivity index (χ4v) is 4.43. The van der Waals surface area contributed by atoms with Gasteiger partial charge in [-0.25, -0.2) is 0 Å². The molecule has 0 aliphatic carbocycles. The lowest BCUT2D eigenvalue weighted by molar-refractivity contribution is -0.121. The molecule has 0 spiro atoms. The number of nitrogens with zero attached hydrogens (tertiary/aromatic N) is 3. The molecule has 4 rings (SSSR count). The number of unbranched alkanes of at least 4 members (excludes halogenated alkanes) is 1. The van der Waals surface area contributed by atoms with Crippen LogP contribution in [0.2, 0.25) is 0 Å². The van der Waals surface area contributed by atoms with Crippen LogP contribution in [0.1, 0.15) is 32.1 Å². The van der Waals surface area contributed by atoms with Crippen LogP contribution in [0.15, 0.2) is 24.3 Å². The molecular weight excluding hydrogens is 385 g/mol. The van der Waals surface area contributed by atoms with Crippen LogP contribution in [-0.2, 0) is 4.79 Å². The number of carbonyl (C=O) groups excluding carboxylic acids is 1. The summed E-state index contributed by atoms with van der Waals surface area (Å²) in [6.07, 6.45) is 6.35. The predicted octanol–water partition coefficient (Wildman–Crippen LogP) is 3.21. The molecule has 7 heteroatoms. The molecule has 1 aromatic rings. The average molecular weight is 416 g/mol. The van der Waals surface area contributed by atoms with Crippen LogP contribution >= 0.6 is 24.8 Å². The Morgan fingerprint density at radius 1 is 1.00 bits per heavy atom. The van der Waals surface area contributed by atoms with Crippen LogP contribution in [0.5, 0.6) is 5.75 Å². The zero-order valence-electron chi connectivity index (χ0n) is 15.8.